The van der Waals surface area contributed by atoms with E-state index in [0.29, 0.717) is 24.8 Å². The Hall–Kier alpha value is -2.91. The average molecular weight is 359 g/mol. The number of benzene rings is 1. The van der Waals surface area contributed by atoms with E-state index in [-0.39, 0.29) is 18.5 Å². The van der Waals surface area contributed by atoms with Crippen LogP contribution in [0.4, 0.5) is 5.95 Å². The first-order valence-corrected chi connectivity index (χ1v) is 8.11. The molecule has 2 aromatic heterocycles. The summed E-state index contributed by atoms with van der Waals surface area (Å²) in [6.45, 7) is 1.52. The van der Waals surface area contributed by atoms with E-state index in [2.05, 4.69) is 25.1 Å². The summed E-state index contributed by atoms with van der Waals surface area (Å²) in [5, 5.41) is 10.1. The maximum atomic E-state index is 12.1. The molecule has 0 aliphatic rings. The minimum Gasteiger partial charge on any atom is -0.483 e. The maximum Gasteiger partial charge on any atom is 0.264 e. The van der Waals surface area contributed by atoms with Crippen molar-refractivity contribution in [2.24, 2.45) is 0 Å². The minimum absolute atomic E-state index is 0.142. The highest BCUT2D eigenvalue weighted by Crippen LogP contribution is 2.26. The number of nitrogens with one attached hydrogen (secondary N) is 2. The monoisotopic (exact) mass is 359 g/mol. The number of H-pyrrole nitrogens is 1. The van der Waals surface area contributed by atoms with Gasteiger partial charge in [0.2, 0.25) is 5.95 Å². The lowest BCUT2D eigenvalue weighted by atomic mass is 10.2. The third kappa shape index (κ3) is 4.19. The molecule has 0 bridgehead atoms. The van der Waals surface area contributed by atoms with Crippen LogP contribution >= 0.6 is 0 Å². The fraction of sp³-hybridized carbons (Fsp3) is 0.353. The number of hydrogen-bond acceptors (Lipinski definition) is 6. The fourth-order valence-electron chi connectivity index (χ4n) is 2.56. The predicted octanol–water partition coefficient (Wildman–Crippen LogP) is 1.57. The third-order valence-electron chi connectivity index (χ3n) is 3.73. The number of carbonyl (C=O) groups excluding carboxylic acids is 1. The molecule has 1 aromatic carbocycles. The van der Waals surface area contributed by atoms with Crippen molar-refractivity contribution in [3.05, 3.63) is 36.3 Å². The molecular formula is C17H21N5O4. The molecule has 0 aliphatic carbocycles. The number of amides is 1. The second-order valence-corrected chi connectivity index (χ2v) is 5.57. The van der Waals surface area contributed by atoms with E-state index in [9.17, 15) is 4.79 Å². The van der Waals surface area contributed by atoms with E-state index in [1.807, 2.05) is 30.5 Å². The average Bonchev–Trinajstić information content (AvgIpc) is 3.25. The Balaban J connectivity index is 1.61. The Kier molecular flexibility index (Phi) is 5.82. The van der Waals surface area contributed by atoms with Gasteiger partial charge < -0.3 is 18.8 Å². The zero-order chi connectivity index (χ0) is 18.4. The Morgan fingerprint density at radius 2 is 2.15 bits per heavy atom. The summed E-state index contributed by atoms with van der Waals surface area (Å²) in [5.74, 6) is 1.02. The number of aromatic nitrogens is 4. The number of fused-ring (bicyclic) bond motifs is 1. The van der Waals surface area contributed by atoms with Gasteiger partial charge in [-0.25, -0.2) is 0 Å². The molecule has 0 atom stereocenters. The molecule has 0 radical (unpaired) electrons. The largest absolute Gasteiger partial charge is 0.483 e. The van der Waals surface area contributed by atoms with Crippen molar-refractivity contribution in [2.45, 2.75) is 13.2 Å². The predicted molar refractivity (Wildman–Crippen MR) is 95.0 cm³/mol. The van der Waals surface area contributed by atoms with Crippen LogP contribution in [0, 0.1) is 0 Å². The molecule has 3 rings (SSSR count). The molecule has 9 heteroatoms. The zero-order valence-electron chi connectivity index (χ0n) is 14.7. The molecule has 0 saturated carbocycles. The van der Waals surface area contributed by atoms with Crippen LogP contribution in [0.25, 0.3) is 10.9 Å². The third-order valence-corrected chi connectivity index (χ3v) is 3.73. The molecule has 138 valence electrons. The summed E-state index contributed by atoms with van der Waals surface area (Å²) in [5.41, 5.74) is 1.03. The van der Waals surface area contributed by atoms with Gasteiger partial charge in [-0.2, -0.15) is 4.98 Å². The van der Waals surface area contributed by atoms with E-state index < -0.39 is 0 Å². The maximum absolute atomic E-state index is 12.1. The number of hydrogen-bond donors (Lipinski definition) is 2. The lowest BCUT2D eigenvalue weighted by Gasteiger charge is -2.08. The molecule has 2 N–H and O–H groups in total. The fourth-order valence-corrected chi connectivity index (χ4v) is 2.56. The van der Waals surface area contributed by atoms with Crippen molar-refractivity contribution >= 4 is 22.8 Å². The summed E-state index contributed by atoms with van der Waals surface area (Å²) < 4.78 is 17.8. The van der Waals surface area contributed by atoms with Gasteiger partial charge >= 0.3 is 0 Å². The molecule has 0 saturated heterocycles. The number of carbonyl (C=O) groups is 1. The SMILES string of the molecule is COCCn1ccc2c(OCC(=O)Nc3n[nH]c(COC)n3)cccc21. The Bertz CT molecular complexity index is 873. The molecule has 9 nitrogen and oxygen atoms in total. The standard InChI is InChI=1S/C17H21N5O4/c1-24-9-8-22-7-6-12-13(22)4-3-5-14(12)26-11-16(23)19-17-18-15(10-25-2)20-21-17/h3-7H,8-11H2,1-2H3,(H2,18,19,20,21,23). The molecule has 0 aliphatic heterocycles. The second kappa shape index (κ2) is 8.45. The van der Waals surface area contributed by atoms with Crippen molar-refractivity contribution in [2.75, 3.05) is 32.8 Å². The van der Waals surface area contributed by atoms with Crippen molar-refractivity contribution in [1.29, 1.82) is 0 Å². The Labute approximate surface area is 150 Å². The van der Waals surface area contributed by atoms with Crippen LogP contribution in [0.5, 0.6) is 5.75 Å². The number of nitrogens with zero attached hydrogens (tertiary/aromatic N) is 3. The van der Waals surface area contributed by atoms with E-state index in [0.717, 1.165) is 17.4 Å². The van der Waals surface area contributed by atoms with Crippen molar-refractivity contribution < 1.29 is 19.0 Å². The first-order valence-electron chi connectivity index (χ1n) is 8.11. The second-order valence-electron chi connectivity index (χ2n) is 5.57. The quantitative estimate of drug-likeness (QED) is 0.601. The van der Waals surface area contributed by atoms with Gasteiger partial charge in [0, 0.05) is 32.3 Å². The van der Waals surface area contributed by atoms with Crippen LogP contribution in [0.2, 0.25) is 0 Å². The molecule has 3 aromatic rings. The van der Waals surface area contributed by atoms with Crippen LogP contribution in [-0.2, 0) is 27.4 Å². The van der Waals surface area contributed by atoms with Gasteiger partial charge in [0.05, 0.1) is 12.1 Å². The summed E-state index contributed by atoms with van der Waals surface area (Å²) in [6.07, 6.45) is 1.97. The topological polar surface area (TPSA) is 103 Å². The zero-order valence-corrected chi connectivity index (χ0v) is 14.7. The molecule has 0 unspecified atom stereocenters. The van der Waals surface area contributed by atoms with Crippen molar-refractivity contribution in [3.63, 3.8) is 0 Å². The highest BCUT2D eigenvalue weighted by Gasteiger charge is 2.11. The van der Waals surface area contributed by atoms with Gasteiger partial charge in [0.15, 0.2) is 12.4 Å². The van der Waals surface area contributed by atoms with Crippen LogP contribution in [-0.4, -0.2) is 53.1 Å². The number of aromatic amines is 1. The minimum atomic E-state index is -0.344. The van der Waals surface area contributed by atoms with Crippen LogP contribution < -0.4 is 10.1 Å². The molecule has 26 heavy (non-hydrogen) atoms. The van der Waals surface area contributed by atoms with Crippen LogP contribution in [0.15, 0.2) is 30.5 Å². The van der Waals surface area contributed by atoms with Gasteiger partial charge in [-0.05, 0) is 18.2 Å². The molecular weight excluding hydrogens is 338 g/mol. The lowest BCUT2D eigenvalue weighted by molar-refractivity contribution is -0.118. The summed E-state index contributed by atoms with van der Waals surface area (Å²) in [6, 6.07) is 7.69. The van der Waals surface area contributed by atoms with E-state index in [4.69, 9.17) is 14.2 Å². The molecule has 0 fully saturated rings. The van der Waals surface area contributed by atoms with Crippen molar-refractivity contribution in [1.82, 2.24) is 19.7 Å². The summed E-state index contributed by atoms with van der Waals surface area (Å²) in [7, 11) is 3.23. The number of rotatable bonds is 9. The van der Waals surface area contributed by atoms with Crippen LogP contribution in [0.3, 0.4) is 0 Å². The Morgan fingerprint density at radius 3 is 2.96 bits per heavy atom. The molecule has 1 amide bonds. The van der Waals surface area contributed by atoms with Crippen molar-refractivity contribution in [3.8, 4) is 5.75 Å². The smallest absolute Gasteiger partial charge is 0.264 e. The van der Waals surface area contributed by atoms with E-state index in [1.54, 1.807) is 14.2 Å². The number of methoxy groups -OCH3 is 2. The summed E-state index contributed by atoms with van der Waals surface area (Å²) in [4.78, 5) is 16.1. The first kappa shape index (κ1) is 17.9. The molecule has 0 spiro atoms. The Morgan fingerprint density at radius 1 is 1.27 bits per heavy atom. The van der Waals surface area contributed by atoms with E-state index in [1.165, 1.54) is 0 Å². The highest BCUT2D eigenvalue weighted by molar-refractivity contribution is 5.91. The van der Waals surface area contributed by atoms with Gasteiger partial charge in [0.25, 0.3) is 5.91 Å². The lowest BCUT2D eigenvalue weighted by Crippen LogP contribution is -2.21. The molecule has 2 heterocycles. The van der Waals surface area contributed by atoms with E-state index >= 15 is 0 Å². The van der Waals surface area contributed by atoms with Crippen LogP contribution in [0.1, 0.15) is 5.82 Å². The van der Waals surface area contributed by atoms with Gasteiger partial charge in [-0.1, -0.05) is 6.07 Å². The highest BCUT2D eigenvalue weighted by atomic mass is 16.5. The van der Waals surface area contributed by atoms with Gasteiger partial charge in [0.1, 0.15) is 12.4 Å². The van der Waals surface area contributed by atoms with Gasteiger partial charge in [-0.15, -0.1) is 5.10 Å². The van der Waals surface area contributed by atoms with Gasteiger partial charge in [-0.3, -0.25) is 15.2 Å². The number of ether oxygens (including phenoxy) is 3. The normalized spacial score (nSPS) is 11.0. The number of anilines is 1. The summed E-state index contributed by atoms with van der Waals surface area (Å²) >= 11 is 0. The first-order chi connectivity index (χ1) is 12.7.